The summed E-state index contributed by atoms with van der Waals surface area (Å²) < 4.78 is 6.00. The second kappa shape index (κ2) is 7.56. The highest BCUT2D eigenvalue weighted by Crippen LogP contribution is 2.30. The van der Waals surface area contributed by atoms with Crippen LogP contribution in [0.1, 0.15) is 15.9 Å². The quantitative estimate of drug-likeness (QED) is 0.472. The number of hydrogen-bond donors (Lipinski definition) is 2. The molecule has 0 saturated heterocycles. The molecule has 0 aliphatic rings. The van der Waals surface area contributed by atoms with Gasteiger partial charge < -0.3 is 15.0 Å². The molecule has 0 fully saturated rings. The van der Waals surface area contributed by atoms with Crippen LogP contribution in [0.5, 0.6) is 5.75 Å². The van der Waals surface area contributed by atoms with Crippen molar-refractivity contribution >= 4 is 34.1 Å². The van der Waals surface area contributed by atoms with E-state index in [1.807, 2.05) is 48.5 Å². The standard InChI is InChI=1S/C22H17ClN2O2/c23-16-9-11-17(12-10-16)25-22(26)18-13-24-19-7-4-8-20(21(18)19)27-14-15-5-2-1-3-6-15/h1-13,24H,14H2,(H,25,26). The normalized spacial score (nSPS) is 10.7. The lowest BCUT2D eigenvalue weighted by atomic mass is 10.1. The summed E-state index contributed by atoms with van der Waals surface area (Å²) >= 11 is 5.90. The molecule has 0 aliphatic heterocycles. The number of nitrogens with one attached hydrogen (secondary N) is 2. The molecule has 1 aromatic heterocycles. The molecular weight excluding hydrogens is 360 g/mol. The monoisotopic (exact) mass is 376 g/mol. The van der Waals surface area contributed by atoms with Gasteiger partial charge in [0.2, 0.25) is 0 Å². The third-order valence-electron chi connectivity index (χ3n) is 4.25. The van der Waals surface area contributed by atoms with E-state index >= 15 is 0 Å². The van der Waals surface area contributed by atoms with Crippen LogP contribution in [0.4, 0.5) is 5.69 Å². The fraction of sp³-hybridized carbons (Fsp3) is 0.0455. The highest BCUT2D eigenvalue weighted by molar-refractivity contribution is 6.30. The van der Waals surface area contributed by atoms with Crippen molar-refractivity contribution in [1.82, 2.24) is 4.98 Å². The number of carbonyl (C=O) groups is 1. The number of rotatable bonds is 5. The van der Waals surface area contributed by atoms with Crippen LogP contribution >= 0.6 is 11.6 Å². The van der Waals surface area contributed by atoms with Crippen LogP contribution < -0.4 is 10.1 Å². The number of H-pyrrole nitrogens is 1. The summed E-state index contributed by atoms with van der Waals surface area (Å²) in [6, 6.07) is 22.6. The number of fused-ring (bicyclic) bond motifs is 1. The molecule has 1 heterocycles. The number of aromatic amines is 1. The summed E-state index contributed by atoms with van der Waals surface area (Å²) in [7, 11) is 0. The number of anilines is 1. The van der Waals surface area contributed by atoms with Gasteiger partial charge in [-0.05, 0) is 42.0 Å². The molecule has 0 unspecified atom stereocenters. The fourth-order valence-corrected chi connectivity index (χ4v) is 3.04. The summed E-state index contributed by atoms with van der Waals surface area (Å²) in [6.07, 6.45) is 1.70. The molecule has 4 aromatic rings. The molecule has 0 spiro atoms. The molecule has 4 nitrogen and oxygen atoms in total. The molecule has 0 aliphatic carbocycles. The summed E-state index contributed by atoms with van der Waals surface area (Å²) in [5.41, 5.74) is 3.13. The summed E-state index contributed by atoms with van der Waals surface area (Å²) in [5.74, 6) is 0.457. The molecule has 2 N–H and O–H groups in total. The van der Waals surface area contributed by atoms with E-state index in [1.165, 1.54) is 0 Å². The van der Waals surface area contributed by atoms with Gasteiger partial charge in [0.05, 0.1) is 10.9 Å². The van der Waals surface area contributed by atoms with Crippen molar-refractivity contribution in [1.29, 1.82) is 0 Å². The van der Waals surface area contributed by atoms with Crippen LogP contribution in [0.2, 0.25) is 5.02 Å². The maximum Gasteiger partial charge on any atom is 0.257 e. The first-order chi connectivity index (χ1) is 13.2. The second-order valence-corrected chi connectivity index (χ2v) is 6.55. The van der Waals surface area contributed by atoms with Crippen molar-refractivity contribution in [3.63, 3.8) is 0 Å². The Hall–Kier alpha value is -3.24. The lowest BCUT2D eigenvalue weighted by Crippen LogP contribution is -2.11. The Morgan fingerprint density at radius 3 is 2.52 bits per heavy atom. The minimum absolute atomic E-state index is 0.209. The average Bonchev–Trinajstić information content (AvgIpc) is 3.14. The number of ether oxygens (including phenoxy) is 1. The zero-order chi connectivity index (χ0) is 18.6. The van der Waals surface area contributed by atoms with Gasteiger partial charge in [0.15, 0.2) is 0 Å². The zero-order valence-electron chi connectivity index (χ0n) is 14.4. The smallest absolute Gasteiger partial charge is 0.257 e. The van der Waals surface area contributed by atoms with Crippen molar-refractivity contribution in [2.24, 2.45) is 0 Å². The van der Waals surface area contributed by atoms with E-state index in [0.29, 0.717) is 28.6 Å². The summed E-state index contributed by atoms with van der Waals surface area (Å²) in [5, 5.41) is 4.28. The Morgan fingerprint density at radius 2 is 1.74 bits per heavy atom. The molecule has 0 bridgehead atoms. The van der Waals surface area contributed by atoms with E-state index in [-0.39, 0.29) is 5.91 Å². The van der Waals surface area contributed by atoms with Gasteiger partial charge >= 0.3 is 0 Å². The summed E-state index contributed by atoms with van der Waals surface area (Å²) in [6.45, 7) is 0.434. The Balaban J connectivity index is 1.61. The lowest BCUT2D eigenvalue weighted by molar-refractivity contribution is 0.102. The third-order valence-corrected chi connectivity index (χ3v) is 4.50. The van der Waals surface area contributed by atoms with E-state index < -0.39 is 0 Å². The first kappa shape index (κ1) is 17.2. The predicted octanol–water partition coefficient (Wildman–Crippen LogP) is 5.65. The number of carbonyl (C=O) groups excluding carboxylic acids is 1. The molecule has 27 heavy (non-hydrogen) atoms. The summed E-state index contributed by atoms with van der Waals surface area (Å²) in [4.78, 5) is 15.9. The van der Waals surface area contributed by atoms with Gasteiger partial charge in [-0.3, -0.25) is 4.79 Å². The largest absolute Gasteiger partial charge is 0.488 e. The third kappa shape index (κ3) is 3.81. The van der Waals surface area contributed by atoms with E-state index in [4.69, 9.17) is 16.3 Å². The first-order valence-electron chi connectivity index (χ1n) is 8.54. The Kier molecular flexibility index (Phi) is 4.81. The lowest BCUT2D eigenvalue weighted by Gasteiger charge is -2.10. The van der Waals surface area contributed by atoms with Crippen LogP contribution in [0.25, 0.3) is 10.9 Å². The molecule has 1 amide bonds. The maximum absolute atomic E-state index is 12.8. The molecule has 0 atom stereocenters. The van der Waals surface area contributed by atoms with E-state index in [0.717, 1.165) is 16.5 Å². The van der Waals surface area contributed by atoms with Crippen molar-refractivity contribution in [2.75, 3.05) is 5.32 Å². The van der Waals surface area contributed by atoms with Crippen LogP contribution in [-0.4, -0.2) is 10.9 Å². The highest BCUT2D eigenvalue weighted by Gasteiger charge is 2.16. The zero-order valence-corrected chi connectivity index (χ0v) is 15.2. The molecule has 0 radical (unpaired) electrons. The average molecular weight is 377 g/mol. The molecule has 5 heteroatoms. The topological polar surface area (TPSA) is 54.1 Å². The number of amides is 1. The van der Waals surface area contributed by atoms with Gasteiger partial charge in [0.1, 0.15) is 12.4 Å². The van der Waals surface area contributed by atoms with Gasteiger partial charge in [-0.2, -0.15) is 0 Å². The van der Waals surface area contributed by atoms with Crippen molar-refractivity contribution in [2.45, 2.75) is 6.61 Å². The van der Waals surface area contributed by atoms with E-state index in [2.05, 4.69) is 10.3 Å². The minimum atomic E-state index is -0.209. The van der Waals surface area contributed by atoms with Crippen molar-refractivity contribution < 1.29 is 9.53 Å². The fourth-order valence-electron chi connectivity index (χ4n) is 2.92. The van der Waals surface area contributed by atoms with Crippen molar-refractivity contribution in [3.05, 3.63) is 95.1 Å². The van der Waals surface area contributed by atoms with Gasteiger partial charge in [-0.25, -0.2) is 0 Å². The Labute approximate surface area is 161 Å². The Bertz CT molecular complexity index is 1070. The van der Waals surface area contributed by atoms with Crippen LogP contribution in [0.15, 0.2) is 79.0 Å². The van der Waals surface area contributed by atoms with Gasteiger partial charge in [0.25, 0.3) is 5.91 Å². The van der Waals surface area contributed by atoms with Gasteiger partial charge in [-0.1, -0.05) is 48.0 Å². The SMILES string of the molecule is O=C(Nc1ccc(Cl)cc1)c1c[nH]c2cccc(OCc3ccccc3)c12. The predicted molar refractivity (Wildman–Crippen MR) is 108 cm³/mol. The number of aromatic nitrogens is 1. The minimum Gasteiger partial charge on any atom is -0.488 e. The van der Waals surface area contributed by atoms with Crippen LogP contribution in [0, 0.1) is 0 Å². The number of halogens is 1. The van der Waals surface area contributed by atoms with Gasteiger partial charge in [0, 0.05) is 22.4 Å². The molecule has 134 valence electrons. The van der Waals surface area contributed by atoms with E-state index in [9.17, 15) is 4.79 Å². The molecule has 3 aromatic carbocycles. The molecular formula is C22H17ClN2O2. The van der Waals surface area contributed by atoms with Crippen LogP contribution in [0.3, 0.4) is 0 Å². The number of hydrogen-bond acceptors (Lipinski definition) is 2. The first-order valence-corrected chi connectivity index (χ1v) is 8.92. The van der Waals surface area contributed by atoms with E-state index in [1.54, 1.807) is 30.5 Å². The van der Waals surface area contributed by atoms with Crippen LogP contribution in [-0.2, 0) is 6.61 Å². The molecule has 0 saturated carbocycles. The van der Waals surface area contributed by atoms with Gasteiger partial charge in [-0.15, -0.1) is 0 Å². The highest BCUT2D eigenvalue weighted by atomic mass is 35.5. The maximum atomic E-state index is 12.8. The number of benzene rings is 3. The molecule has 4 rings (SSSR count). The second-order valence-electron chi connectivity index (χ2n) is 6.12. The Morgan fingerprint density at radius 1 is 0.963 bits per heavy atom. The van der Waals surface area contributed by atoms with Crippen molar-refractivity contribution in [3.8, 4) is 5.75 Å².